The van der Waals surface area contributed by atoms with Gasteiger partial charge in [0.25, 0.3) is 0 Å². The van der Waals surface area contributed by atoms with Crippen LogP contribution in [0.3, 0.4) is 0 Å². The summed E-state index contributed by atoms with van der Waals surface area (Å²) in [5, 5.41) is 0. The summed E-state index contributed by atoms with van der Waals surface area (Å²) in [7, 11) is 0. The van der Waals surface area contributed by atoms with E-state index in [-0.39, 0.29) is 6.29 Å². The second-order valence-electron chi connectivity index (χ2n) is 4.96. The zero-order chi connectivity index (χ0) is 10.8. The highest BCUT2D eigenvalue weighted by Crippen LogP contribution is 2.38. The van der Waals surface area contributed by atoms with Gasteiger partial charge in [0.1, 0.15) is 5.76 Å². The summed E-state index contributed by atoms with van der Waals surface area (Å²) in [6.45, 7) is 6.52. The van der Waals surface area contributed by atoms with E-state index in [0.29, 0.717) is 17.9 Å². The van der Waals surface area contributed by atoms with Gasteiger partial charge >= 0.3 is 0 Å². The minimum absolute atomic E-state index is 0.0319. The Kier molecular flexibility index (Phi) is 3.35. The molecule has 86 valence electrons. The third-order valence-corrected chi connectivity index (χ3v) is 3.39. The molecule has 1 aliphatic carbocycles. The predicted molar refractivity (Wildman–Crippen MR) is 60.3 cm³/mol. The Morgan fingerprint density at radius 2 is 2.27 bits per heavy atom. The Bertz CT molecular complexity index is 245. The molecule has 1 saturated heterocycles. The molecule has 0 aromatic heterocycles. The van der Waals surface area contributed by atoms with Gasteiger partial charge in [0.15, 0.2) is 0 Å². The van der Waals surface area contributed by atoms with E-state index in [1.54, 1.807) is 0 Å². The highest BCUT2D eigenvalue weighted by Gasteiger charge is 2.37. The van der Waals surface area contributed by atoms with E-state index >= 15 is 0 Å². The molecule has 0 radical (unpaired) electrons. The van der Waals surface area contributed by atoms with Crippen LogP contribution < -0.4 is 0 Å². The summed E-state index contributed by atoms with van der Waals surface area (Å²) in [6.07, 6.45) is 7.39. The van der Waals surface area contributed by atoms with Gasteiger partial charge < -0.3 is 9.47 Å². The van der Waals surface area contributed by atoms with Crippen LogP contribution in [0.4, 0.5) is 0 Å². The standard InChI is InChI=1S/C13H22O2/c1-4-11-10-7-5-6-8-12(10)15-13(14-11)9(2)3/h8-11,13H,4-7H2,1-3H3. The van der Waals surface area contributed by atoms with Crippen molar-refractivity contribution in [2.24, 2.45) is 11.8 Å². The Morgan fingerprint density at radius 1 is 1.47 bits per heavy atom. The first-order valence-electron chi connectivity index (χ1n) is 6.24. The zero-order valence-corrected chi connectivity index (χ0v) is 10.0. The Labute approximate surface area is 92.6 Å². The van der Waals surface area contributed by atoms with Crippen molar-refractivity contribution in [3.8, 4) is 0 Å². The van der Waals surface area contributed by atoms with Gasteiger partial charge in [0.2, 0.25) is 6.29 Å². The average Bonchev–Trinajstić information content (AvgIpc) is 2.27. The summed E-state index contributed by atoms with van der Waals surface area (Å²) < 4.78 is 11.9. The maximum absolute atomic E-state index is 6.00. The van der Waals surface area contributed by atoms with Crippen LogP contribution in [0, 0.1) is 11.8 Å². The van der Waals surface area contributed by atoms with Gasteiger partial charge in [-0.3, -0.25) is 0 Å². The minimum Gasteiger partial charge on any atom is -0.469 e. The van der Waals surface area contributed by atoms with Gasteiger partial charge in [-0.1, -0.05) is 20.8 Å². The average molecular weight is 210 g/mol. The number of hydrogen-bond donors (Lipinski definition) is 0. The molecule has 0 aromatic rings. The van der Waals surface area contributed by atoms with E-state index < -0.39 is 0 Å². The summed E-state index contributed by atoms with van der Waals surface area (Å²) >= 11 is 0. The maximum Gasteiger partial charge on any atom is 0.201 e. The number of hydrogen-bond acceptors (Lipinski definition) is 2. The molecule has 0 spiro atoms. The number of allylic oxidation sites excluding steroid dienone is 1. The summed E-state index contributed by atoms with van der Waals surface area (Å²) in [4.78, 5) is 0. The quantitative estimate of drug-likeness (QED) is 0.694. The van der Waals surface area contributed by atoms with Crippen molar-refractivity contribution < 1.29 is 9.47 Å². The summed E-state index contributed by atoms with van der Waals surface area (Å²) in [5.41, 5.74) is 0. The molecule has 15 heavy (non-hydrogen) atoms. The molecule has 0 saturated carbocycles. The molecule has 3 atom stereocenters. The van der Waals surface area contributed by atoms with Gasteiger partial charge in [0.05, 0.1) is 6.10 Å². The second-order valence-corrected chi connectivity index (χ2v) is 4.96. The van der Waals surface area contributed by atoms with Crippen molar-refractivity contribution in [3.63, 3.8) is 0 Å². The molecule has 1 aliphatic heterocycles. The van der Waals surface area contributed by atoms with Crippen molar-refractivity contribution in [1.82, 2.24) is 0 Å². The molecule has 0 aromatic carbocycles. The Balaban J connectivity index is 2.12. The lowest BCUT2D eigenvalue weighted by molar-refractivity contribution is -0.226. The molecule has 2 heteroatoms. The third kappa shape index (κ3) is 2.20. The van der Waals surface area contributed by atoms with E-state index in [4.69, 9.17) is 9.47 Å². The Morgan fingerprint density at radius 3 is 2.93 bits per heavy atom. The van der Waals surface area contributed by atoms with Crippen LogP contribution in [0.25, 0.3) is 0 Å². The Hall–Kier alpha value is -0.500. The first-order chi connectivity index (χ1) is 7.22. The first kappa shape index (κ1) is 11.0. The highest BCUT2D eigenvalue weighted by atomic mass is 16.7. The number of fused-ring (bicyclic) bond motifs is 1. The fourth-order valence-corrected chi connectivity index (χ4v) is 2.48. The molecule has 0 bridgehead atoms. The summed E-state index contributed by atoms with van der Waals surface area (Å²) in [5.74, 6) is 2.17. The van der Waals surface area contributed by atoms with Crippen LogP contribution in [-0.4, -0.2) is 12.4 Å². The fourth-order valence-electron chi connectivity index (χ4n) is 2.48. The first-order valence-corrected chi connectivity index (χ1v) is 6.24. The number of rotatable bonds is 2. The van der Waals surface area contributed by atoms with Crippen LogP contribution in [0.5, 0.6) is 0 Å². The van der Waals surface area contributed by atoms with E-state index in [0.717, 1.165) is 6.42 Å². The minimum atomic E-state index is -0.0319. The normalized spacial score (nSPS) is 35.7. The molecule has 0 N–H and O–H groups in total. The molecular weight excluding hydrogens is 188 g/mol. The fraction of sp³-hybridized carbons (Fsp3) is 0.846. The lowest BCUT2D eigenvalue weighted by atomic mass is 9.86. The molecule has 2 rings (SSSR count). The SMILES string of the molecule is CCC1OC(C(C)C)OC2=CCCCC21. The smallest absolute Gasteiger partial charge is 0.201 e. The van der Waals surface area contributed by atoms with E-state index in [9.17, 15) is 0 Å². The lowest BCUT2D eigenvalue weighted by Gasteiger charge is -2.41. The van der Waals surface area contributed by atoms with Crippen molar-refractivity contribution >= 4 is 0 Å². The molecule has 2 aliphatic rings. The van der Waals surface area contributed by atoms with Crippen molar-refractivity contribution in [1.29, 1.82) is 0 Å². The summed E-state index contributed by atoms with van der Waals surface area (Å²) in [6, 6.07) is 0. The zero-order valence-electron chi connectivity index (χ0n) is 10.0. The van der Waals surface area contributed by atoms with Crippen molar-refractivity contribution in [2.45, 2.75) is 58.8 Å². The van der Waals surface area contributed by atoms with Crippen LogP contribution in [0.2, 0.25) is 0 Å². The van der Waals surface area contributed by atoms with E-state index in [1.165, 1.54) is 25.0 Å². The van der Waals surface area contributed by atoms with Crippen LogP contribution in [0.1, 0.15) is 46.5 Å². The molecule has 2 nitrogen and oxygen atoms in total. The number of ether oxygens (including phenoxy) is 2. The molecule has 0 amide bonds. The predicted octanol–water partition coefficient (Wildman–Crippen LogP) is 3.48. The van der Waals surface area contributed by atoms with Crippen LogP contribution in [-0.2, 0) is 9.47 Å². The van der Waals surface area contributed by atoms with Gasteiger partial charge in [0, 0.05) is 11.8 Å². The van der Waals surface area contributed by atoms with Crippen LogP contribution in [0.15, 0.2) is 11.8 Å². The lowest BCUT2D eigenvalue weighted by Crippen LogP contribution is -2.41. The monoisotopic (exact) mass is 210 g/mol. The van der Waals surface area contributed by atoms with Gasteiger partial charge in [-0.2, -0.15) is 0 Å². The second kappa shape index (κ2) is 4.56. The topological polar surface area (TPSA) is 18.5 Å². The maximum atomic E-state index is 6.00. The molecule has 1 heterocycles. The molecule has 3 unspecified atom stereocenters. The molecule has 1 fully saturated rings. The van der Waals surface area contributed by atoms with Gasteiger partial charge in [-0.15, -0.1) is 0 Å². The molecular formula is C13H22O2. The largest absolute Gasteiger partial charge is 0.469 e. The third-order valence-electron chi connectivity index (χ3n) is 3.39. The van der Waals surface area contributed by atoms with Crippen LogP contribution >= 0.6 is 0 Å². The van der Waals surface area contributed by atoms with Crippen molar-refractivity contribution in [3.05, 3.63) is 11.8 Å². The van der Waals surface area contributed by atoms with E-state index in [2.05, 4.69) is 26.8 Å². The van der Waals surface area contributed by atoms with E-state index in [1.807, 2.05) is 0 Å². The van der Waals surface area contributed by atoms with Gasteiger partial charge in [-0.05, 0) is 31.8 Å². The van der Waals surface area contributed by atoms with Gasteiger partial charge in [-0.25, -0.2) is 0 Å². The highest BCUT2D eigenvalue weighted by molar-refractivity contribution is 5.07. The van der Waals surface area contributed by atoms with Crippen molar-refractivity contribution in [2.75, 3.05) is 0 Å².